The molecule has 2 aliphatic rings. The second-order valence-corrected chi connectivity index (χ2v) is 11.6. The molecular formula is C26H33F3N4O3S. The van der Waals surface area contributed by atoms with Crippen molar-refractivity contribution < 1.29 is 27.6 Å². The van der Waals surface area contributed by atoms with Gasteiger partial charge in [-0.3, -0.25) is 9.78 Å². The number of carbonyl (C=O) groups excluding carboxylic acids is 1. The Hall–Kier alpha value is -2.18. The molecule has 1 saturated carbocycles. The molecule has 2 fully saturated rings. The van der Waals surface area contributed by atoms with Crippen molar-refractivity contribution in [3.05, 3.63) is 53.0 Å². The Bertz CT molecular complexity index is 1160. The Kier molecular flexibility index (Phi) is 7.92. The van der Waals surface area contributed by atoms with Gasteiger partial charge in [0.1, 0.15) is 29.0 Å². The number of rotatable bonds is 8. The van der Waals surface area contributed by atoms with E-state index in [1.807, 2.05) is 19.9 Å². The molecule has 4 rings (SSSR count). The van der Waals surface area contributed by atoms with Crippen LogP contribution < -0.4 is 4.72 Å². The van der Waals surface area contributed by atoms with Gasteiger partial charge in [0.25, 0.3) is 11.8 Å². The van der Waals surface area contributed by atoms with Crippen LogP contribution in [0.4, 0.5) is 13.2 Å². The summed E-state index contributed by atoms with van der Waals surface area (Å²) in [5, 5.41) is 10.7. The summed E-state index contributed by atoms with van der Waals surface area (Å²) in [6.45, 7) is 2.85. The molecular weight excluding hydrogens is 505 g/mol. The van der Waals surface area contributed by atoms with Gasteiger partial charge in [0, 0.05) is 25.4 Å². The molecule has 1 aliphatic heterocycles. The van der Waals surface area contributed by atoms with E-state index in [1.54, 1.807) is 18.2 Å². The van der Waals surface area contributed by atoms with Crippen LogP contribution in [0.1, 0.15) is 43.0 Å². The third-order valence-electron chi connectivity index (χ3n) is 7.23. The molecule has 202 valence electrons. The van der Waals surface area contributed by atoms with E-state index in [0.717, 1.165) is 22.6 Å². The minimum absolute atomic E-state index is 0.127. The monoisotopic (exact) mass is 538 g/mol. The standard InChI is InChI=1S/C26H33F3N4O3S/c1-5-17-12-16(2)30-20(13-17)19-9-6-8-18(22(19)27)14-21-23(31-37(36)32(3)4)26(28,29)15-33(21)24(34)25(35)10-7-11-25/h6,8-9,12-13,21,23,31,35H,5,7,10-11,14-15H2,1-4H3/t21-,23+,37?/m0/s1. The van der Waals surface area contributed by atoms with Crippen molar-refractivity contribution in [2.75, 3.05) is 20.6 Å². The molecule has 37 heavy (non-hydrogen) atoms. The molecule has 1 saturated heterocycles. The summed E-state index contributed by atoms with van der Waals surface area (Å²) >= 11 is -1.97. The van der Waals surface area contributed by atoms with Crippen LogP contribution >= 0.6 is 0 Å². The fraction of sp³-hybridized carbons (Fsp3) is 0.538. The smallest absolute Gasteiger partial charge is 0.286 e. The minimum atomic E-state index is -3.45. The number of pyridine rings is 1. The maximum Gasteiger partial charge on any atom is 0.286 e. The maximum absolute atomic E-state index is 15.9. The van der Waals surface area contributed by atoms with E-state index >= 15 is 13.2 Å². The SMILES string of the molecule is CCc1cc(C)nc(-c2cccc(C[C@H]3[C@@H](N[S+]([O-])N(C)C)C(F)(F)CN3C(=O)C3(O)CCC3)c2F)c1. The zero-order chi connectivity index (χ0) is 27.1. The number of benzene rings is 1. The van der Waals surface area contributed by atoms with E-state index in [2.05, 4.69) is 9.71 Å². The lowest BCUT2D eigenvalue weighted by atomic mass is 9.79. The first-order valence-electron chi connectivity index (χ1n) is 12.4. The Morgan fingerprint density at radius 1 is 1.32 bits per heavy atom. The van der Waals surface area contributed by atoms with Gasteiger partial charge in [0.2, 0.25) is 0 Å². The summed E-state index contributed by atoms with van der Waals surface area (Å²) in [5.41, 5.74) is 0.819. The molecule has 2 aromatic rings. The van der Waals surface area contributed by atoms with Gasteiger partial charge in [-0.25, -0.2) is 13.2 Å². The molecule has 1 aromatic heterocycles. The number of amides is 1. The van der Waals surface area contributed by atoms with Crippen LogP contribution in [0.5, 0.6) is 0 Å². The zero-order valence-corrected chi connectivity index (χ0v) is 22.2. The number of carbonyl (C=O) groups is 1. The summed E-state index contributed by atoms with van der Waals surface area (Å²) in [7, 11) is 2.93. The number of nitrogens with zero attached hydrogens (tertiary/aromatic N) is 3. The van der Waals surface area contributed by atoms with Gasteiger partial charge in [-0.1, -0.05) is 19.1 Å². The van der Waals surface area contributed by atoms with Gasteiger partial charge >= 0.3 is 0 Å². The molecule has 1 aliphatic carbocycles. The summed E-state index contributed by atoms with van der Waals surface area (Å²) in [4.78, 5) is 18.6. The van der Waals surface area contributed by atoms with Gasteiger partial charge in [0.15, 0.2) is 0 Å². The number of hydrogen-bond donors (Lipinski definition) is 2. The molecule has 1 amide bonds. The van der Waals surface area contributed by atoms with E-state index < -0.39 is 53.4 Å². The minimum Gasteiger partial charge on any atom is -0.579 e. The van der Waals surface area contributed by atoms with Crippen molar-refractivity contribution in [1.82, 2.24) is 18.9 Å². The Balaban J connectivity index is 1.73. The average molecular weight is 539 g/mol. The average Bonchev–Trinajstić information content (AvgIpc) is 3.07. The van der Waals surface area contributed by atoms with Crippen LogP contribution in [0.2, 0.25) is 0 Å². The highest BCUT2D eigenvalue weighted by Gasteiger charge is 2.60. The first-order chi connectivity index (χ1) is 17.4. The van der Waals surface area contributed by atoms with Gasteiger partial charge < -0.3 is 14.6 Å². The molecule has 0 radical (unpaired) electrons. The van der Waals surface area contributed by atoms with Crippen LogP contribution in [0.25, 0.3) is 11.3 Å². The Morgan fingerprint density at radius 2 is 2.03 bits per heavy atom. The number of halogens is 3. The van der Waals surface area contributed by atoms with Crippen LogP contribution in [-0.2, 0) is 29.2 Å². The number of likely N-dealkylation sites (tertiary alicyclic amines) is 1. The van der Waals surface area contributed by atoms with Crippen LogP contribution in [0, 0.1) is 12.7 Å². The third kappa shape index (κ3) is 5.51. The summed E-state index contributed by atoms with van der Waals surface area (Å²) in [5.74, 6) is -4.86. The van der Waals surface area contributed by atoms with Crippen LogP contribution in [0.15, 0.2) is 30.3 Å². The van der Waals surface area contributed by atoms with E-state index in [-0.39, 0.29) is 30.4 Å². The normalized spacial score (nSPS) is 23.2. The quantitative estimate of drug-likeness (QED) is 0.502. The third-order valence-corrected chi connectivity index (χ3v) is 8.34. The number of nitrogens with one attached hydrogen (secondary N) is 1. The molecule has 0 bridgehead atoms. The fourth-order valence-corrected chi connectivity index (χ4v) is 5.73. The Morgan fingerprint density at radius 3 is 2.62 bits per heavy atom. The molecule has 1 unspecified atom stereocenters. The van der Waals surface area contributed by atoms with Gasteiger partial charge in [-0.2, -0.15) is 0 Å². The second kappa shape index (κ2) is 10.5. The predicted octanol–water partition coefficient (Wildman–Crippen LogP) is 3.16. The lowest BCUT2D eigenvalue weighted by molar-refractivity contribution is -0.162. The summed E-state index contributed by atoms with van der Waals surface area (Å²) in [6, 6.07) is 5.47. The van der Waals surface area contributed by atoms with E-state index in [0.29, 0.717) is 12.1 Å². The molecule has 0 spiro atoms. The molecule has 2 heterocycles. The first kappa shape index (κ1) is 27.8. The van der Waals surface area contributed by atoms with Crippen LogP contribution in [0.3, 0.4) is 0 Å². The molecule has 3 atom stereocenters. The maximum atomic E-state index is 15.9. The van der Waals surface area contributed by atoms with Gasteiger partial charge in [-0.15, -0.1) is 9.03 Å². The highest BCUT2D eigenvalue weighted by molar-refractivity contribution is 7.87. The number of aryl methyl sites for hydroxylation is 2. The van der Waals surface area contributed by atoms with Crippen molar-refractivity contribution in [2.45, 2.75) is 69.6 Å². The zero-order valence-electron chi connectivity index (χ0n) is 21.4. The first-order valence-corrected chi connectivity index (χ1v) is 13.5. The van der Waals surface area contributed by atoms with Crippen molar-refractivity contribution in [3.8, 4) is 11.3 Å². The number of hydrogen-bond acceptors (Lipinski definition) is 6. The van der Waals surface area contributed by atoms with Gasteiger partial charge in [-0.05, 0) is 68.4 Å². The molecule has 11 heteroatoms. The van der Waals surface area contributed by atoms with Crippen LogP contribution in [-0.4, -0.2) is 74.0 Å². The number of aliphatic hydroxyl groups is 1. The van der Waals surface area contributed by atoms with Crippen molar-refractivity contribution >= 4 is 17.5 Å². The van der Waals surface area contributed by atoms with Crippen molar-refractivity contribution in [2.24, 2.45) is 0 Å². The van der Waals surface area contributed by atoms with E-state index in [9.17, 15) is 14.5 Å². The summed E-state index contributed by atoms with van der Waals surface area (Å²) in [6.07, 6.45) is 1.47. The molecule has 2 N–H and O–H groups in total. The lowest BCUT2D eigenvalue weighted by Gasteiger charge is -2.40. The lowest BCUT2D eigenvalue weighted by Crippen LogP contribution is -2.58. The number of aromatic nitrogens is 1. The Labute approximate surface area is 218 Å². The predicted molar refractivity (Wildman–Crippen MR) is 135 cm³/mol. The van der Waals surface area contributed by atoms with Crippen molar-refractivity contribution in [3.63, 3.8) is 0 Å². The molecule has 7 nitrogen and oxygen atoms in total. The summed E-state index contributed by atoms with van der Waals surface area (Å²) < 4.78 is 62.6. The highest BCUT2D eigenvalue weighted by Crippen LogP contribution is 2.41. The van der Waals surface area contributed by atoms with E-state index in [4.69, 9.17) is 0 Å². The fourth-order valence-electron chi connectivity index (χ4n) is 4.97. The largest absolute Gasteiger partial charge is 0.579 e. The topological polar surface area (TPSA) is 91.8 Å². The number of alkyl halides is 2. The molecule has 1 aromatic carbocycles. The highest BCUT2D eigenvalue weighted by atomic mass is 32.2. The second-order valence-electron chi connectivity index (χ2n) is 10.1. The van der Waals surface area contributed by atoms with Gasteiger partial charge in [0.05, 0.1) is 18.3 Å². The van der Waals surface area contributed by atoms with E-state index in [1.165, 1.54) is 24.5 Å². The van der Waals surface area contributed by atoms with Crippen molar-refractivity contribution in [1.29, 1.82) is 0 Å².